The van der Waals surface area contributed by atoms with Crippen LogP contribution in [0.25, 0.3) is 0 Å². The maximum atomic E-state index is 13.5. The number of benzene rings is 1. The molecular formula is C13H15F2NO2S. The summed E-state index contributed by atoms with van der Waals surface area (Å²) in [6, 6.07) is 2.76. The van der Waals surface area contributed by atoms with Gasteiger partial charge in [0.1, 0.15) is 16.9 Å². The molecule has 1 N–H and O–H groups in total. The molecule has 0 saturated carbocycles. The molecule has 0 saturated heterocycles. The van der Waals surface area contributed by atoms with Gasteiger partial charge in [0.15, 0.2) is 0 Å². The summed E-state index contributed by atoms with van der Waals surface area (Å²) in [4.78, 5) is 0. The highest BCUT2D eigenvalue weighted by Crippen LogP contribution is 2.26. The lowest BCUT2D eigenvalue weighted by atomic mass is 10.0. The van der Waals surface area contributed by atoms with Gasteiger partial charge in [-0.25, -0.2) is 17.2 Å². The fourth-order valence-electron chi connectivity index (χ4n) is 2.19. The molecule has 0 fully saturated rings. The minimum atomic E-state index is -3.70. The molecule has 0 spiro atoms. The van der Waals surface area contributed by atoms with Gasteiger partial charge < -0.3 is 0 Å². The first-order chi connectivity index (χ1) is 8.90. The molecule has 104 valence electrons. The van der Waals surface area contributed by atoms with Crippen LogP contribution in [0.5, 0.6) is 0 Å². The molecule has 3 nitrogen and oxygen atoms in total. The third-order valence-electron chi connectivity index (χ3n) is 3.20. The number of sulfonamides is 1. The number of anilines is 1. The minimum absolute atomic E-state index is 0.222. The Morgan fingerprint density at radius 1 is 1.32 bits per heavy atom. The van der Waals surface area contributed by atoms with Crippen LogP contribution < -0.4 is 4.72 Å². The van der Waals surface area contributed by atoms with Gasteiger partial charge in [0.25, 0.3) is 0 Å². The first-order valence-corrected chi connectivity index (χ1v) is 7.58. The molecule has 1 aliphatic rings. The highest BCUT2D eigenvalue weighted by Gasteiger charge is 2.29. The van der Waals surface area contributed by atoms with E-state index in [1.807, 2.05) is 6.08 Å². The fourth-order valence-corrected chi connectivity index (χ4v) is 3.87. The number of hydrogen-bond donors (Lipinski definition) is 1. The second kappa shape index (κ2) is 5.28. The molecule has 1 aromatic carbocycles. The molecule has 1 atom stereocenters. The number of nitrogens with one attached hydrogen (secondary N) is 1. The Bertz CT molecular complexity index is 611. The summed E-state index contributed by atoms with van der Waals surface area (Å²) in [5.41, 5.74) is 0.543. The maximum absolute atomic E-state index is 13.5. The highest BCUT2D eigenvalue weighted by molar-refractivity contribution is 7.93. The normalized spacial score (nSPS) is 19.9. The van der Waals surface area contributed by atoms with Crippen LogP contribution in [0, 0.1) is 11.6 Å². The summed E-state index contributed by atoms with van der Waals surface area (Å²) in [6.07, 6.45) is 4.05. The predicted octanol–water partition coefficient (Wildman–Crippen LogP) is 3.21. The average Bonchev–Trinajstić information content (AvgIpc) is 2.33. The molecule has 0 aromatic heterocycles. The third kappa shape index (κ3) is 3.12. The molecule has 1 aliphatic carbocycles. The highest BCUT2D eigenvalue weighted by atomic mass is 32.2. The van der Waals surface area contributed by atoms with E-state index in [4.69, 9.17) is 0 Å². The molecule has 6 heteroatoms. The monoisotopic (exact) mass is 287 g/mol. The Hall–Kier alpha value is -1.43. The van der Waals surface area contributed by atoms with Gasteiger partial charge >= 0.3 is 0 Å². The van der Waals surface area contributed by atoms with E-state index >= 15 is 0 Å². The quantitative estimate of drug-likeness (QED) is 0.868. The largest absolute Gasteiger partial charge is 0.280 e. The van der Waals surface area contributed by atoms with Crippen molar-refractivity contribution in [2.45, 2.75) is 31.4 Å². The van der Waals surface area contributed by atoms with Crippen molar-refractivity contribution in [2.75, 3.05) is 4.72 Å². The lowest BCUT2D eigenvalue weighted by Gasteiger charge is -2.22. The van der Waals surface area contributed by atoms with Crippen molar-refractivity contribution in [1.29, 1.82) is 0 Å². The van der Waals surface area contributed by atoms with E-state index in [9.17, 15) is 17.2 Å². The van der Waals surface area contributed by atoms with E-state index in [2.05, 4.69) is 4.72 Å². The Morgan fingerprint density at radius 3 is 2.68 bits per heavy atom. The summed E-state index contributed by atoms with van der Waals surface area (Å²) in [6.45, 7) is 1.75. The Balaban J connectivity index is 2.26. The van der Waals surface area contributed by atoms with E-state index in [0.717, 1.165) is 30.5 Å². The smallest absolute Gasteiger partial charge is 0.239 e. The number of allylic oxidation sites excluding steroid dienone is 1. The number of halogens is 2. The van der Waals surface area contributed by atoms with E-state index in [1.54, 1.807) is 6.92 Å². The zero-order chi connectivity index (χ0) is 14.0. The second-order valence-corrected chi connectivity index (χ2v) is 6.50. The van der Waals surface area contributed by atoms with Crippen LogP contribution in [-0.2, 0) is 10.0 Å². The topological polar surface area (TPSA) is 46.2 Å². The van der Waals surface area contributed by atoms with Gasteiger partial charge in [-0.2, -0.15) is 0 Å². The fraction of sp³-hybridized carbons (Fsp3) is 0.385. The first-order valence-electron chi connectivity index (χ1n) is 6.03. The van der Waals surface area contributed by atoms with Crippen molar-refractivity contribution in [3.8, 4) is 0 Å². The van der Waals surface area contributed by atoms with E-state index in [0.29, 0.717) is 12.5 Å². The Kier molecular flexibility index (Phi) is 3.89. The minimum Gasteiger partial charge on any atom is -0.280 e. The van der Waals surface area contributed by atoms with Gasteiger partial charge in [0.05, 0.1) is 5.69 Å². The van der Waals surface area contributed by atoms with Crippen LogP contribution in [0.1, 0.15) is 26.2 Å². The Labute approximate surface area is 111 Å². The first kappa shape index (κ1) is 14.0. The lowest BCUT2D eigenvalue weighted by molar-refractivity contribution is 0.572. The van der Waals surface area contributed by atoms with E-state index in [-0.39, 0.29) is 5.69 Å². The molecule has 1 aromatic rings. The molecule has 0 radical (unpaired) electrons. The molecule has 2 rings (SSSR count). The lowest BCUT2D eigenvalue weighted by Crippen LogP contribution is -2.30. The van der Waals surface area contributed by atoms with Crippen molar-refractivity contribution in [1.82, 2.24) is 0 Å². The van der Waals surface area contributed by atoms with Crippen LogP contribution in [0.4, 0.5) is 14.5 Å². The second-order valence-electron chi connectivity index (χ2n) is 4.64. The third-order valence-corrected chi connectivity index (χ3v) is 5.06. The zero-order valence-corrected chi connectivity index (χ0v) is 11.3. The summed E-state index contributed by atoms with van der Waals surface area (Å²) < 4.78 is 52.8. The molecule has 0 bridgehead atoms. The SMILES string of the molecule is CC1=CCCCC1S(=O)(=O)Nc1ccc(F)cc1F. The molecule has 19 heavy (non-hydrogen) atoms. The molecule has 0 amide bonds. The van der Waals surface area contributed by atoms with Crippen molar-refractivity contribution in [2.24, 2.45) is 0 Å². The van der Waals surface area contributed by atoms with E-state index in [1.165, 1.54) is 0 Å². The summed E-state index contributed by atoms with van der Waals surface area (Å²) in [5, 5.41) is -0.647. The Morgan fingerprint density at radius 2 is 2.05 bits per heavy atom. The molecule has 0 heterocycles. The maximum Gasteiger partial charge on any atom is 0.239 e. The summed E-state index contributed by atoms with van der Waals surface area (Å²) in [7, 11) is -3.70. The van der Waals surface area contributed by atoms with Crippen molar-refractivity contribution < 1.29 is 17.2 Å². The van der Waals surface area contributed by atoms with Crippen molar-refractivity contribution in [3.63, 3.8) is 0 Å². The molecule has 1 unspecified atom stereocenters. The summed E-state index contributed by atoms with van der Waals surface area (Å²) >= 11 is 0. The van der Waals surface area contributed by atoms with Crippen LogP contribution in [-0.4, -0.2) is 13.7 Å². The van der Waals surface area contributed by atoms with Crippen molar-refractivity contribution in [3.05, 3.63) is 41.5 Å². The van der Waals surface area contributed by atoms with E-state index < -0.39 is 26.9 Å². The van der Waals surface area contributed by atoms with Gasteiger partial charge in [0.2, 0.25) is 10.0 Å². The van der Waals surface area contributed by atoms with Crippen molar-refractivity contribution >= 4 is 15.7 Å². The zero-order valence-electron chi connectivity index (χ0n) is 10.5. The number of hydrogen-bond acceptors (Lipinski definition) is 2. The molecular weight excluding hydrogens is 272 g/mol. The van der Waals surface area contributed by atoms with Gasteiger partial charge in [-0.1, -0.05) is 11.6 Å². The van der Waals surface area contributed by atoms with Crippen LogP contribution in [0.3, 0.4) is 0 Å². The van der Waals surface area contributed by atoms with Gasteiger partial charge in [-0.15, -0.1) is 0 Å². The van der Waals surface area contributed by atoms with Gasteiger partial charge in [-0.3, -0.25) is 4.72 Å². The molecule has 0 aliphatic heterocycles. The van der Waals surface area contributed by atoms with Gasteiger partial charge in [0, 0.05) is 6.07 Å². The predicted molar refractivity (Wildman–Crippen MR) is 70.3 cm³/mol. The number of rotatable bonds is 3. The van der Waals surface area contributed by atoms with Crippen LogP contribution in [0.15, 0.2) is 29.8 Å². The summed E-state index contributed by atoms with van der Waals surface area (Å²) in [5.74, 6) is -1.66. The van der Waals surface area contributed by atoms with Crippen LogP contribution >= 0.6 is 0 Å². The standard InChI is InChI=1S/C13H15F2NO2S/c1-9-4-2-3-5-13(9)19(17,18)16-12-7-6-10(14)8-11(12)15/h4,6-8,13,16H,2-3,5H2,1H3. The van der Waals surface area contributed by atoms with Gasteiger partial charge in [-0.05, 0) is 38.3 Å². The van der Waals surface area contributed by atoms with Crippen LogP contribution in [0.2, 0.25) is 0 Å². The average molecular weight is 287 g/mol.